The highest BCUT2D eigenvalue weighted by atomic mass is 32.2. The molecule has 0 aromatic carbocycles. The molecule has 1 aromatic heterocycles. The average molecular weight is 298 g/mol. The fourth-order valence-electron chi connectivity index (χ4n) is 2.34. The highest BCUT2D eigenvalue weighted by Gasteiger charge is 2.22. The van der Waals surface area contributed by atoms with E-state index in [2.05, 4.69) is 9.71 Å². The molecular weight excluding hydrogens is 280 g/mol. The Hall–Kier alpha value is -1.47. The number of aromatic carboxylic acids is 1. The van der Waals surface area contributed by atoms with E-state index in [9.17, 15) is 13.2 Å². The maximum absolute atomic E-state index is 12.2. The molecule has 1 aliphatic carbocycles. The second kappa shape index (κ2) is 6.32. The average Bonchev–Trinajstić information content (AvgIpc) is 2.67. The molecule has 1 fully saturated rings. The number of rotatable bonds is 4. The van der Waals surface area contributed by atoms with Gasteiger partial charge in [0.15, 0.2) is 5.03 Å². The van der Waals surface area contributed by atoms with Crippen LogP contribution in [0.2, 0.25) is 0 Å². The van der Waals surface area contributed by atoms with Gasteiger partial charge in [-0.05, 0) is 25.0 Å². The van der Waals surface area contributed by atoms with Gasteiger partial charge in [-0.15, -0.1) is 0 Å². The third-order valence-electron chi connectivity index (χ3n) is 3.44. The first-order chi connectivity index (χ1) is 9.49. The van der Waals surface area contributed by atoms with Gasteiger partial charge in [0.05, 0.1) is 5.56 Å². The van der Waals surface area contributed by atoms with E-state index in [4.69, 9.17) is 5.11 Å². The van der Waals surface area contributed by atoms with E-state index < -0.39 is 16.0 Å². The molecule has 1 aliphatic rings. The zero-order valence-electron chi connectivity index (χ0n) is 11.1. The Labute approximate surface area is 118 Å². The van der Waals surface area contributed by atoms with Crippen LogP contribution in [0.3, 0.4) is 0 Å². The SMILES string of the molecule is O=C(O)c1ccc(S(=O)(=O)NC2CCCCCC2)nc1. The summed E-state index contributed by atoms with van der Waals surface area (Å²) in [7, 11) is -3.67. The van der Waals surface area contributed by atoms with E-state index in [-0.39, 0.29) is 16.6 Å². The van der Waals surface area contributed by atoms with E-state index in [1.807, 2.05) is 0 Å². The lowest BCUT2D eigenvalue weighted by Gasteiger charge is -2.15. The van der Waals surface area contributed by atoms with E-state index in [1.54, 1.807) is 0 Å². The van der Waals surface area contributed by atoms with Gasteiger partial charge in [-0.3, -0.25) is 0 Å². The first-order valence-corrected chi connectivity index (χ1v) is 8.19. The summed E-state index contributed by atoms with van der Waals surface area (Å²) in [5, 5.41) is 8.63. The van der Waals surface area contributed by atoms with Crippen LogP contribution in [-0.4, -0.2) is 30.5 Å². The second-order valence-electron chi connectivity index (χ2n) is 5.00. The van der Waals surface area contributed by atoms with Crippen LogP contribution in [0.1, 0.15) is 48.9 Å². The molecule has 0 amide bonds. The predicted molar refractivity (Wildman–Crippen MR) is 73.0 cm³/mol. The predicted octanol–water partition coefficient (Wildman–Crippen LogP) is 1.78. The Morgan fingerprint density at radius 1 is 1.20 bits per heavy atom. The minimum Gasteiger partial charge on any atom is -0.478 e. The van der Waals surface area contributed by atoms with Gasteiger partial charge >= 0.3 is 5.97 Å². The van der Waals surface area contributed by atoms with Crippen molar-refractivity contribution in [2.45, 2.75) is 49.6 Å². The summed E-state index contributed by atoms with van der Waals surface area (Å²) in [5.74, 6) is -1.13. The van der Waals surface area contributed by atoms with Gasteiger partial charge in [0, 0.05) is 12.2 Å². The molecule has 7 heteroatoms. The highest BCUT2D eigenvalue weighted by molar-refractivity contribution is 7.89. The van der Waals surface area contributed by atoms with E-state index in [0.29, 0.717) is 0 Å². The molecule has 1 aromatic rings. The number of nitrogens with zero attached hydrogens (tertiary/aromatic N) is 1. The zero-order valence-corrected chi connectivity index (χ0v) is 11.9. The van der Waals surface area contributed by atoms with E-state index in [1.165, 1.54) is 12.1 Å². The Balaban J connectivity index is 2.10. The van der Waals surface area contributed by atoms with E-state index >= 15 is 0 Å². The monoisotopic (exact) mass is 298 g/mol. The lowest BCUT2D eigenvalue weighted by Crippen LogP contribution is -2.34. The van der Waals surface area contributed by atoms with Gasteiger partial charge in [0.2, 0.25) is 0 Å². The molecule has 0 saturated heterocycles. The second-order valence-corrected chi connectivity index (χ2v) is 6.66. The largest absolute Gasteiger partial charge is 0.478 e. The smallest absolute Gasteiger partial charge is 0.337 e. The summed E-state index contributed by atoms with van der Waals surface area (Å²) in [6, 6.07) is 2.42. The van der Waals surface area contributed by atoms with Gasteiger partial charge in [-0.25, -0.2) is 22.9 Å². The molecule has 0 bridgehead atoms. The molecule has 1 saturated carbocycles. The van der Waals surface area contributed by atoms with Crippen molar-refractivity contribution in [3.63, 3.8) is 0 Å². The Bertz CT molecular complexity index is 561. The summed E-state index contributed by atoms with van der Waals surface area (Å²) in [6.45, 7) is 0. The number of nitrogens with one attached hydrogen (secondary N) is 1. The van der Waals surface area contributed by atoms with Crippen LogP contribution in [0.4, 0.5) is 0 Å². The molecule has 0 unspecified atom stereocenters. The summed E-state index contributed by atoms with van der Waals surface area (Å²) in [5.41, 5.74) is -0.0292. The van der Waals surface area contributed by atoms with Crippen molar-refractivity contribution >= 4 is 16.0 Å². The molecule has 0 radical (unpaired) electrons. The Morgan fingerprint density at radius 3 is 2.35 bits per heavy atom. The number of hydrogen-bond acceptors (Lipinski definition) is 4. The van der Waals surface area contributed by atoms with Gasteiger partial charge in [-0.2, -0.15) is 0 Å². The first kappa shape index (κ1) is 14.9. The maximum atomic E-state index is 12.2. The molecule has 0 atom stereocenters. The van der Waals surface area contributed by atoms with Crippen molar-refractivity contribution in [1.82, 2.24) is 9.71 Å². The fourth-order valence-corrected chi connectivity index (χ4v) is 3.58. The zero-order chi connectivity index (χ0) is 14.6. The minimum absolute atomic E-state index is 0.0292. The number of carboxylic acids is 1. The number of pyridine rings is 1. The molecule has 110 valence electrons. The maximum Gasteiger partial charge on any atom is 0.337 e. The lowest BCUT2D eigenvalue weighted by atomic mass is 10.1. The van der Waals surface area contributed by atoms with Crippen LogP contribution in [-0.2, 0) is 10.0 Å². The number of carbonyl (C=O) groups is 1. The van der Waals surface area contributed by atoms with Gasteiger partial charge in [0.25, 0.3) is 10.0 Å². The highest BCUT2D eigenvalue weighted by Crippen LogP contribution is 2.19. The van der Waals surface area contributed by atoms with Crippen molar-refractivity contribution in [3.8, 4) is 0 Å². The van der Waals surface area contributed by atoms with Crippen LogP contribution in [0.5, 0.6) is 0 Å². The topological polar surface area (TPSA) is 96.4 Å². The first-order valence-electron chi connectivity index (χ1n) is 6.71. The summed E-state index contributed by atoms with van der Waals surface area (Å²) < 4.78 is 27.0. The number of aromatic nitrogens is 1. The van der Waals surface area contributed by atoms with Gasteiger partial charge < -0.3 is 5.11 Å². The number of carboxylic acid groups (broad SMARTS) is 1. The third-order valence-corrected chi connectivity index (χ3v) is 4.87. The van der Waals surface area contributed by atoms with Crippen molar-refractivity contribution in [3.05, 3.63) is 23.9 Å². The molecule has 1 heterocycles. The third kappa shape index (κ3) is 3.77. The Morgan fingerprint density at radius 2 is 1.85 bits per heavy atom. The number of sulfonamides is 1. The molecular formula is C13H18N2O4S. The van der Waals surface area contributed by atoms with E-state index in [0.717, 1.165) is 44.7 Å². The van der Waals surface area contributed by atoms with Crippen LogP contribution >= 0.6 is 0 Å². The summed E-state index contributed by atoms with van der Waals surface area (Å²) in [4.78, 5) is 14.4. The molecule has 2 rings (SSSR count). The fraction of sp³-hybridized carbons (Fsp3) is 0.538. The van der Waals surface area contributed by atoms with Gasteiger partial charge in [-0.1, -0.05) is 25.7 Å². The molecule has 6 nitrogen and oxygen atoms in total. The van der Waals surface area contributed by atoms with Crippen molar-refractivity contribution in [2.24, 2.45) is 0 Å². The summed E-state index contributed by atoms with van der Waals surface area (Å²) >= 11 is 0. The summed E-state index contributed by atoms with van der Waals surface area (Å²) in [6.07, 6.45) is 7.08. The van der Waals surface area contributed by atoms with Crippen molar-refractivity contribution in [1.29, 1.82) is 0 Å². The molecule has 20 heavy (non-hydrogen) atoms. The Kier molecular flexibility index (Phi) is 4.72. The number of hydrogen-bond donors (Lipinski definition) is 2. The lowest BCUT2D eigenvalue weighted by molar-refractivity contribution is 0.0696. The van der Waals surface area contributed by atoms with Crippen LogP contribution < -0.4 is 4.72 Å². The van der Waals surface area contributed by atoms with Crippen LogP contribution in [0.25, 0.3) is 0 Å². The van der Waals surface area contributed by atoms with Crippen LogP contribution in [0, 0.1) is 0 Å². The minimum atomic E-state index is -3.67. The van der Waals surface area contributed by atoms with Gasteiger partial charge in [0.1, 0.15) is 0 Å². The molecule has 0 spiro atoms. The quantitative estimate of drug-likeness (QED) is 0.826. The molecule has 0 aliphatic heterocycles. The van der Waals surface area contributed by atoms with Crippen molar-refractivity contribution in [2.75, 3.05) is 0 Å². The standard InChI is InChI=1S/C13H18N2O4S/c16-13(17)10-7-8-12(14-9-10)20(18,19)15-11-5-3-1-2-4-6-11/h7-9,11,15H,1-6H2,(H,16,17). The van der Waals surface area contributed by atoms with Crippen molar-refractivity contribution < 1.29 is 18.3 Å². The molecule has 2 N–H and O–H groups in total. The normalized spacial score (nSPS) is 17.6. The van der Waals surface area contributed by atoms with Crippen LogP contribution in [0.15, 0.2) is 23.4 Å².